The molecule has 2 N–H and O–H groups in total. The topological polar surface area (TPSA) is 38.9 Å². The fourth-order valence-corrected chi connectivity index (χ4v) is 2.28. The van der Waals surface area contributed by atoms with Crippen LogP contribution in [0.2, 0.25) is 20.1 Å². The van der Waals surface area contributed by atoms with Crippen molar-refractivity contribution in [3.05, 3.63) is 32.4 Å². The van der Waals surface area contributed by atoms with Crippen molar-refractivity contribution in [3.63, 3.8) is 0 Å². The number of fused-ring (bicyclic) bond motifs is 1. The molecule has 0 atom stereocenters. The van der Waals surface area contributed by atoms with Gasteiger partial charge in [0, 0.05) is 5.39 Å². The number of hydrogen-bond donors (Lipinski definition) is 1. The molecular weight excluding hydrogens is 278 g/mol. The summed E-state index contributed by atoms with van der Waals surface area (Å²) in [5, 5.41) is 1.82. The van der Waals surface area contributed by atoms with Gasteiger partial charge in [-0.2, -0.15) is 0 Å². The predicted octanol–water partition coefficient (Wildman–Crippen LogP) is 4.43. The summed E-state index contributed by atoms with van der Waals surface area (Å²) >= 11 is 23.8. The highest BCUT2D eigenvalue weighted by molar-refractivity contribution is 6.50. The molecule has 1 aromatic heterocycles. The Bertz CT molecular complexity index is 545. The molecule has 6 heteroatoms. The smallest absolute Gasteiger partial charge is 0.0920 e. The number of hydrogen-bond acceptors (Lipinski definition) is 2. The van der Waals surface area contributed by atoms with Crippen LogP contribution >= 0.6 is 46.4 Å². The van der Waals surface area contributed by atoms with Crippen molar-refractivity contribution >= 4 is 63.0 Å². The molecule has 0 aliphatic heterocycles. The van der Waals surface area contributed by atoms with E-state index in [1.165, 1.54) is 12.3 Å². The van der Waals surface area contributed by atoms with Crippen LogP contribution in [0.1, 0.15) is 0 Å². The molecule has 0 saturated heterocycles. The van der Waals surface area contributed by atoms with Crippen LogP contribution in [0.4, 0.5) is 5.69 Å². The van der Waals surface area contributed by atoms with Crippen LogP contribution in [-0.2, 0) is 0 Å². The van der Waals surface area contributed by atoms with Gasteiger partial charge in [-0.3, -0.25) is 4.98 Å². The summed E-state index contributed by atoms with van der Waals surface area (Å²) in [6.07, 6.45) is 1.43. The second-order valence-electron chi connectivity index (χ2n) is 2.91. The molecule has 2 rings (SSSR count). The van der Waals surface area contributed by atoms with Crippen LogP contribution in [-0.4, -0.2) is 4.98 Å². The molecule has 0 unspecified atom stereocenters. The maximum absolute atomic E-state index is 6.01. The predicted molar refractivity (Wildman–Crippen MR) is 66.2 cm³/mol. The Labute approximate surface area is 106 Å². The summed E-state index contributed by atoms with van der Waals surface area (Å²) in [7, 11) is 0. The second-order valence-corrected chi connectivity index (χ2v) is 4.48. The first-order chi connectivity index (χ1) is 7.02. The van der Waals surface area contributed by atoms with Crippen LogP contribution in [0.15, 0.2) is 12.3 Å². The number of nitrogens with two attached hydrogens (primary N) is 1. The van der Waals surface area contributed by atoms with Crippen molar-refractivity contribution < 1.29 is 0 Å². The summed E-state index contributed by atoms with van der Waals surface area (Å²) in [4.78, 5) is 4.06. The lowest BCUT2D eigenvalue weighted by molar-refractivity contribution is 1.41. The lowest BCUT2D eigenvalue weighted by atomic mass is 10.2. The first-order valence-electron chi connectivity index (χ1n) is 3.89. The van der Waals surface area contributed by atoms with Crippen LogP contribution in [0.25, 0.3) is 10.9 Å². The van der Waals surface area contributed by atoms with E-state index >= 15 is 0 Å². The summed E-state index contributed by atoms with van der Waals surface area (Å²) in [6, 6.07) is 1.52. The first-order valence-corrected chi connectivity index (χ1v) is 5.40. The molecule has 0 aliphatic rings. The molecule has 0 bridgehead atoms. The third-order valence-corrected chi connectivity index (χ3v) is 3.43. The number of halogens is 4. The molecular formula is C9H4Cl4N2. The van der Waals surface area contributed by atoms with Crippen molar-refractivity contribution in [2.75, 3.05) is 5.73 Å². The fraction of sp³-hybridized carbons (Fsp3) is 0. The number of pyridine rings is 1. The van der Waals surface area contributed by atoms with E-state index in [0.29, 0.717) is 36.7 Å². The van der Waals surface area contributed by atoms with Gasteiger partial charge in [-0.15, -0.1) is 0 Å². The zero-order valence-electron chi connectivity index (χ0n) is 7.19. The van der Waals surface area contributed by atoms with Crippen LogP contribution < -0.4 is 5.73 Å². The molecule has 1 aromatic carbocycles. The molecule has 0 saturated carbocycles. The van der Waals surface area contributed by atoms with E-state index in [1.54, 1.807) is 0 Å². The second kappa shape index (κ2) is 3.87. The highest BCUT2D eigenvalue weighted by Gasteiger charge is 2.14. The standard InChI is InChI=1S/C9H4Cl4N2/c10-3-1-4(11)9-6(7(3)12)8(13)5(14)2-15-9/h1-2H,14H2. The number of nitrogens with zero attached hydrogens (tertiary/aromatic N) is 1. The summed E-state index contributed by atoms with van der Waals surface area (Å²) in [5.74, 6) is 0. The molecule has 78 valence electrons. The van der Waals surface area contributed by atoms with Gasteiger partial charge in [0.25, 0.3) is 0 Å². The van der Waals surface area contributed by atoms with Crippen molar-refractivity contribution in [1.29, 1.82) is 0 Å². The van der Waals surface area contributed by atoms with Crippen LogP contribution in [0.5, 0.6) is 0 Å². The van der Waals surface area contributed by atoms with E-state index < -0.39 is 0 Å². The van der Waals surface area contributed by atoms with Gasteiger partial charge in [0.1, 0.15) is 0 Å². The Kier molecular flexibility index (Phi) is 2.86. The third-order valence-electron chi connectivity index (χ3n) is 1.95. The molecule has 15 heavy (non-hydrogen) atoms. The fourth-order valence-electron chi connectivity index (χ4n) is 1.25. The molecule has 0 spiro atoms. The summed E-state index contributed by atoms with van der Waals surface area (Å²) in [5.41, 5.74) is 6.44. The Hall–Kier alpha value is -0.410. The zero-order valence-corrected chi connectivity index (χ0v) is 10.2. The maximum Gasteiger partial charge on any atom is 0.0920 e. The first kappa shape index (κ1) is 11.1. The Morgan fingerprint density at radius 3 is 2.33 bits per heavy atom. The third kappa shape index (κ3) is 1.72. The van der Waals surface area contributed by atoms with Gasteiger partial charge in [-0.05, 0) is 6.07 Å². The van der Waals surface area contributed by atoms with Crippen LogP contribution in [0.3, 0.4) is 0 Å². The minimum Gasteiger partial charge on any atom is -0.396 e. The van der Waals surface area contributed by atoms with E-state index in [2.05, 4.69) is 4.98 Å². The number of anilines is 1. The van der Waals surface area contributed by atoms with Gasteiger partial charge in [-0.1, -0.05) is 46.4 Å². The highest BCUT2D eigenvalue weighted by atomic mass is 35.5. The number of benzene rings is 1. The molecule has 1 heterocycles. The lowest BCUT2D eigenvalue weighted by Crippen LogP contribution is -1.91. The molecule has 0 fully saturated rings. The zero-order chi connectivity index (χ0) is 11.2. The van der Waals surface area contributed by atoms with E-state index in [9.17, 15) is 0 Å². The minimum atomic E-state index is 0.306. The van der Waals surface area contributed by atoms with Gasteiger partial charge >= 0.3 is 0 Å². The molecule has 0 amide bonds. The summed E-state index contributed by atoms with van der Waals surface area (Å²) in [6.45, 7) is 0. The monoisotopic (exact) mass is 280 g/mol. The lowest BCUT2D eigenvalue weighted by Gasteiger charge is -2.07. The number of nitrogen functional groups attached to an aromatic ring is 1. The van der Waals surface area contributed by atoms with E-state index in [1.807, 2.05) is 0 Å². The van der Waals surface area contributed by atoms with Gasteiger partial charge in [0.15, 0.2) is 0 Å². The quantitative estimate of drug-likeness (QED) is 0.726. The van der Waals surface area contributed by atoms with Gasteiger partial charge in [-0.25, -0.2) is 0 Å². The molecule has 0 aliphatic carbocycles. The summed E-state index contributed by atoms with van der Waals surface area (Å²) < 4.78 is 0. The Morgan fingerprint density at radius 1 is 1.00 bits per heavy atom. The van der Waals surface area contributed by atoms with Crippen molar-refractivity contribution in [2.45, 2.75) is 0 Å². The highest BCUT2D eigenvalue weighted by Crippen LogP contribution is 2.40. The average molecular weight is 282 g/mol. The van der Waals surface area contributed by atoms with Crippen molar-refractivity contribution in [3.8, 4) is 0 Å². The molecule has 0 radical (unpaired) electrons. The minimum absolute atomic E-state index is 0.306. The largest absolute Gasteiger partial charge is 0.396 e. The Morgan fingerprint density at radius 2 is 1.67 bits per heavy atom. The molecule has 2 aromatic rings. The SMILES string of the molecule is Nc1cnc2c(Cl)cc(Cl)c(Cl)c2c1Cl. The van der Waals surface area contributed by atoms with Gasteiger partial charge < -0.3 is 5.73 Å². The Balaban J connectivity index is 3.04. The van der Waals surface area contributed by atoms with Crippen molar-refractivity contribution in [1.82, 2.24) is 4.98 Å². The normalized spacial score (nSPS) is 10.9. The van der Waals surface area contributed by atoms with E-state index in [0.717, 1.165) is 0 Å². The van der Waals surface area contributed by atoms with Gasteiger partial charge in [0.05, 0.1) is 37.5 Å². The van der Waals surface area contributed by atoms with Gasteiger partial charge in [0.2, 0.25) is 0 Å². The number of rotatable bonds is 0. The van der Waals surface area contributed by atoms with E-state index in [4.69, 9.17) is 52.1 Å². The molecule has 2 nitrogen and oxygen atoms in total. The van der Waals surface area contributed by atoms with Crippen LogP contribution in [0, 0.1) is 0 Å². The maximum atomic E-state index is 6.01. The van der Waals surface area contributed by atoms with E-state index in [-0.39, 0.29) is 0 Å². The average Bonchev–Trinajstić information content (AvgIpc) is 2.19. The number of aromatic nitrogens is 1. The van der Waals surface area contributed by atoms with Crippen molar-refractivity contribution in [2.24, 2.45) is 0 Å².